The van der Waals surface area contributed by atoms with Crippen molar-refractivity contribution in [3.05, 3.63) is 0 Å². The van der Waals surface area contributed by atoms with E-state index in [1.165, 1.54) is 0 Å². The Balaban J connectivity index is 2.13. The third-order valence-electron chi connectivity index (χ3n) is 1.51. The number of rotatable bonds is 2. The molecule has 1 saturated heterocycles. The van der Waals surface area contributed by atoms with Gasteiger partial charge in [0.05, 0.1) is 12.7 Å². The Morgan fingerprint density at radius 3 is 2.50 bits per heavy atom. The zero-order chi connectivity index (χ0) is 5.98. The summed E-state index contributed by atoms with van der Waals surface area (Å²) in [6.07, 6.45) is 0.436. The van der Waals surface area contributed by atoms with Crippen molar-refractivity contribution in [1.82, 2.24) is 5.32 Å². The van der Waals surface area contributed by atoms with E-state index in [-0.39, 0.29) is 12.6 Å². The summed E-state index contributed by atoms with van der Waals surface area (Å²) < 4.78 is 0. The molecule has 0 aromatic carbocycles. The minimum Gasteiger partial charge on any atom is -0.394 e. The number of aliphatic hydroxyl groups is 2. The number of nitrogens with one attached hydrogen (secondary N) is 1. The van der Waals surface area contributed by atoms with Crippen LogP contribution in [-0.2, 0) is 0 Å². The molecule has 1 aliphatic rings. The molecule has 0 saturated carbocycles. The molecule has 1 aliphatic heterocycles. The van der Waals surface area contributed by atoms with Crippen molar-refractivity contribution in [2.24, 2.45) is 0 Å². The molecule has 0 aliphatic carbocycles. The van der Waals surface area contributed by atoms with Gasteiger partial charge in [-0.25, -0.2) is 0 Å². The molecule has 0 aromatic heterocycles. The van der Waals surface area contributed by atoms with Crippen LogP contribution in [0.15, 0.2) is 0 Å². The lowest BCUT2D eigenvalue weighted by Gasteiger charge is -2.30. The molecule has 1 rings (SSSR count). The van der Waals surface area contributed by atoms with Crippen LogP contribution in [-0.4, -0.2) is 35.5 Å². The topological polar surface area (TPSA) is 52.5 Å². The van der Waals surface area contributed by atoms with E-state index in [9.17, 15) is 0 Å². The summed E-state index contributed by atoms with van der Waals surface area (Å²) in [5.74, 6) is 0. The van der Waals surface area contributed by atoms with Crippen molar-refractivity contribution in [2.75, 3.05) is 13.2 Å². The average molecular weight is 117 g/mol. The molecule has 1 fully saturated rings. The van der Waals surface area contributed by atoms with E-state index in [1.54, 1.807) is 0 Å². The lowest BCUT2D eigenvalue weighted by molar-refractivity contribution is 0.0417. The highest BCUT2D eigenvalue weighted by atomic mass is 16.3. The quantitative estimate of drug-likeness (QED) is 0.421. The number of aliphatic hydroxyl groups excluding tert-OH is 2. The molecule has 0 aromatic rings. The van der Waals surface area contributed by atoms with Gasteiger partial charge in [-0.3, -0.25) is 0 Å². The van der Waals surface area contributed by atoms with Crippen LogP contribution in [0.1, 0.15) is 6.42 Å². The van der Waals surface area contributed by atoms with Crippen molar-refractivity contribution >= 4 is 0 Å². The molecule has 0 radical (unpaired) electrons. The van der Waals surface area contributed by atoms with Crippen LogP contribution >= 0.6 is 0 Å². The Bertz CT molecular complexity index is 70.1. The first-order valence-corrected chi connectivity index (χ1v) is 2.87. The fraction of sp³-hybridized carbons (Fsp3) is 1.00. The first-order valence-electron chi connectivity index (χ1n) is 2.87. The van der Waals surface area contributed by atoms with E-state index in [0.717, 1.165) is 13.0 Å². The third kappa shape index (κ3) is 0.992. The molecule has 2 atom stereocenters. The van der Waals surface area contributed by atoms with Crippen LogP contribution in [0, 0.1) is 0 Å². The maximum absolute atomic E-state index is 8.87. The van der Waals surface area contributed by atoms with Crippen molar-refractivity contribution in [2.45, 2.75) is 18.6 Å². The van der Waals surface area contributed by atoms with Gasteiger partial charge in [-0.2, -0.15) is 0 Å². The summed E-state index contributed by atoms with van der Waals surface area (Å²) in [6.45, 7) is 0.847. The average Bonchev–Trinajstić information content (AvgIpc) is 1.62. The van der Waals surface area contributed by atoms with Gasteiger partial charge in [-0.05, 0) is 13.0 Å². The van der Waals surface area contributed by atoms with Crippen LogP contribution in [0.5, 0.6) is 0 Å². The second-order valence-corrected chi connectivity index (χ2v) is 2.10. The van der Waals surface area contributed by atoms with E-state index in [1.807, 2.05) is 0 Å². The van der Waals surface area contributed by atoms with E-state index in [2.05, 4.69) is 5.32 Å². The van der Waals surface area contributed by atoms with Gasteiger partial charge in [0.2, 0.25) is 0 Å². The molecule has 3 N–H and O–H groups in total. The molecule has 0 bridgehead atoms. The standard InChI is InChI=1S/C5H11NO2/c7-3-5(8)4-1-2-6-4/h4-8H,1-3H2. The molecule has 8 heavy (non-hydrogen) atoms. The van der Waals surface area contributed by atoms with Crippen molar-refractivity contribution < 1.29 is 10.2 Å². The summed E-state index contributed by atoms with van der Waals surface area (Å²) in [4.78, 5) is 0. The molecular formula is C5H11NO2. The van der Waals surface area contributed by atoms with Crippen LogP contribution in [0.4, 0.5) is 0 Å². The van der Waals surface area contributed by atoms with Crippen molar-refractivity contribution in [1.29, 1.82) is 0 Å². The molecular weight excluding hydrogens is 106 g/mol. The lowest BCUT2D eigenvalue weighted by atomic mass is 10.0. The van der Waals surface area contributed by atoms with Crippen LogP contribution in [0.3, 0.4) is 0 Å². The van der Waals surface area contributed by atoms with Gasteiger partial charge in [-0.15, -0.1) is 0 Å². The van der Waals surface area contributed by atoms with Gasteiger partial charge in [0.25, 0.3) is 0 Å². The molecule has 0 amide bonds. The minimum atomic E-state index is -0.552. The van der Waals surface area contributed by atoms with E-state index in [0.29, 0.717) is 0 Å². The summed E-state index contributed by atoms with van der Waals surface area (Å²) in [7, 11) is 0. The first kappa shape index (κ1) is 6.01. The zero-order valence-corrected chi connectivity index (χ0v) is 4.67. The highest BCUT2D eigenvalue weighted by Crippen LogP contribution is 2.05. The minimum absolute atomic E-state index is 0.127. The van der Waals surface area contributed by atoms with E-state index < -0.39 is 6.10 Å². The normalized spacial score (nSPS) is 31.5. The summed E-state index contributed by atoms with van der Waals surface area (Å²) >= 11 is 0. The van der Waals surface area contributed by atoms with Crippen LogP contribution in [0.2, 0.25) is 0 Å². The van der Waals surface area contributed by atoms with Gasteiger partial charge in [0.1, 0.15) is 0 Å². The molecule has 3 nitrogen and oxygen atoms in total. The Morgan fingerprint density at radius 1 is 1.75 bits per heavy atom. The zero-order valence-electron chi connectivity index (χ0n) is 4.67. The Morgan fingerprint density at radius 2 is 2.38 bits per heavy atom. The van der Waals surface area contributed by atoms with Crippen LogP contribution in [0.25, 0.3) is 0 Å². The summed E-state index contributed by atoms with van der Waals surface area (Å²) in [5.41, 5.74) is 0. The maximum Gasteiger partial charge on any atom is 0.0923 e. The van der Waals surface area contributed by atoms with Crippen molar-refractivity contribution in [3.8, 4) is 0 Å². The molecule has 48 valence electrons. The molecule has 0 spiro atoms. The van der Waals surface area contributed by atoms with Crippen molar-refractivity contribution in [3.63, 3.8) is 0 Å². The Kier molecular flexibility index (Phi) is 1.83. The second kappa shape index (κ2) is 2.44. The van der Waals surface area contributed by atoms with Gasteiger partial charge in [0.15, 0.2) is 0 Å². The predicted molar refractivity (Wildman–Crippen MR) is 29.5 cm³/mol. The molecule has 3 heteroatoms. The largest absolute Gasteiger partial charge is 0.394 e. The van der Waals surface area contributed by atoms with E-state index in [4.69, 9.17) is 10.2 Å². The van der Waals surface area contributed by atoms with Gasteiger partial charge in [-0.1, -0.05) is 0 Å². The first-order chi connectivity index (χ1) is 3.84. The number of hydrogen-bond donors (Lipinski definition) is 3. The number of hydrogen-bond acceptors (Lipinski definition) is 3. The fourth-order valence-corrected chi connectivity index (χ4v) is 0.767. The molecule has 1 heterocycles. The Labute approximate surface area is 48.3 Å². The van der Waals surface area contributed by atoms with Gasteiger partial charge < -0.3 is 15.5 Å². The van der Waals surface area contributed by atoms with E-state index >= 15 is 0 Å². The van der Waals surface area contributed by atoms with Gasteiger partial charge in [0, 0.05) is 6.04 Å². The fourth-order valence-electron chi connectivity index (χ4n) is 0.767. The molecule has 2 unspecified atom stereocenters. The maximum atomic E-state index is 8.87. The summed E-state index contributed by atoms with van der Waals surface area (Å²) in [5, 5.41) is 20.2. The lowest BCUT2D eigenvalue weighted by Crippen LogP contribution is -2.51. The highest BCUT2D eigenvalue weighted by Gasteiger charge is 2.23. The SMILES string of the molecule is OCC(O)C1CCN1. The monoisotopic (exact) mass is 117 g/mol. The Hall–Kier alpha value is -0.120. The predicted octanol–water partition coefficient (Wildman–Crippen LogP) is -1.30. The smallest absolute Gasteiger partial charge is 0.0923 e. The second-order valence-electron chi connectivity index (χ2n) is 2.10. The van der Waals surface area contributed by atoms with Gasteiger partial charge >= 0.3 is 0 Å². The highest BCUT2D eigenvalue weighted by molar-refractivity contribution is 4.83. The third-order valence-corrected chi connectivity index (χ3v) is 1.51. The summed E-state index contributed by atoms with van der Waals surface area (Å²) in [6, 6.07) is 0.153. The van der Waals surface area contributed by atoms with Crippen LogP contribution < -0.4 is 5.32 Å².